The van der Waals surface area contributed by atoms with Gasteiger partial charge in [0.2, 0.25) is 0 Å². The van der Waals surface area contributed by atoms with Crippen molar-refractivity contribution in [2.24, 2.45) is 0 Å². The van der Waals surface area contributed by atoms with Gasteiger partial charge in [0.25, 0.3) is 0 Å². The molecule has 1 aromatic carbocycles. The summed E-state index contributed by atoms with van der Waals surface area (Å²) in [7, 11) is 1.89. The lowest BCUT2D eigenvalue weighted by Crippen LogP contribution is -2.16. The van der Waals surface area contributed by atoms with Gasteiger partial charge >= 0.3 is 0 Å². The van der Waals surface area contributed by atoms with Crippen LogP contribution >= 0.6 is 11.3 Å². The summed E-state index contributed by atoms with van der Waals surface area (Å²) in [5.74, 6) is -0.234. The molecule has 0 atom stereocenters. The number of halogens is 1. The highest BCUT2D eigenvalue weighted by molar-refractivity contribution is 7.13. The molecule has 1 aromatic heterocycles. The molecule has 2 rings (SSSR count). The molecular weight excluding hydrogens is 225 g/mol. The fourth-order valence-electron chi connectivity index (χ4n) is 1.44. The summed E-state index contributed by atoms with van der Waals surface area (Å²) in [4.78, 5) is 6.09. The van der Waals surface area contributed by atoms with Crippen LogP contribution in [0.15, 0.2) is 29.6 Å². The number of nitrogens with zero attached hydrogens (tertiary/aromatic N) is 2. The van der Waals surface area contributed by atoms with Crippen molar-refractivity contribution < 1.29 is 4.39 Å². The zero-order valence-electron chi connectivity index (χ0n) is 8.85. The molecule has 0 saturated carbocycles. The predicted molar refractivity (Wildman–Crippen MR) is 65.0 cm³/mol. The van der Waals surface area contributed by atoms with Gasteiger partial charge in [-0.05, 0) is 18.2 Å². The Bertz CT molecular complexity index is 484. The molecule has 0 bridgehead atoms. The van der Waals surface area contributed by atoms with Gasteiger partial charge in [0.15, 0.2) is 5.13 Å². The Labute approximate surface area is 97.3 Å². The number of nitrogen functional groups attached to an aromatic ring is 1. The van der Waals surface area contributed by atoms with Crippen molar-refractivity contribution in [1.82, 2.24) is 4.98 Å². The molecule has 5 heteroatoms. The third-order valence-corrected chi connectivity index (χ3v) is 2.94. The molecule has 1 heterocycles. The third-order valence-electron chi connectivity index (χ3n) is 2.22. The second-order valence-corrected chi connectivity index (χ2v) is 4.40. The van der Waals surface area contributed by atoms with Gasteiger partial charge in [-0.25, -0.2) is 9.37 Å². The van der Waals surface area contributed by atoms with Crippen molar-refractivity contribution >= 4 is 22.2 Å². The van der Waals surface area contributed by atoms with Crippen LogP contribution in [0.25, 0.3) is 0 Å². The molecule has 0 aliphatic carbocycles. The molecule has 0 unspecified atom stereocenters. The van der Waals surface area contributed by atoms with Gasteiger partial charge in [-0.1, -0.05) is 6.07 Å². The van der Waals surface area contributed by atoms with E-state index in [2.05, 4.69) is 4.98 Å². The van der Waals surface area contributed by atoms with Crippen LogP contribution in [0.4, 0.5) is 15.2 Å². The Morgan fingerprint density at radius 2 is 2.31 bits per heavy atom. The van der Waals surface area contributed by atoms with Crippen LogP contribution in [0.1, 0.15) is 5.69 Å². The number of aromatic nitrogens is 1. The van der Waals surface area contributed by atoms with Gasteiger partial charge in [-0.15, -0.1) is 11.3 Å². The second kappa shape index (κ2) is 4.49. The largest absolute Gasteiger partial charge is 0.375 e. The van der Waals surface area contributed by atoms with Gasteiger partial charge in [-0.3, -0.25) is 0 Å². The minimum Gasteiger partial charge on any atom is -0.375 e. The number of thiazole rings is 1. The number of benzene rings is 1. The zero-order chi connectivity index (χ0) is 11.5. The molecule has 0 saturated heterocycles. The summed E-state index contributed by atoms with van der Waals surface area (Å²) >= 11 is 1.41. The van der Waals surface area contributed by atoms with E-state index >= 15 is 0 Å². The molecule has 84 valence electrons. The topological polar surface area (TPSA) is 42.1 Å². The van der Waals surface area contributed by atoms with Gasteiger partial charge in [-0.2, -0.15) is 0 Å². The first-order valence-electron chi connectivity index (χ1n) is 4.82. The molecular formula is C11H12FN3S. The molecule has 0 amide bonds. The Morgan fingerprint density at radius 1 is 1.50 bits per heavy atom. The summed E-state index contributed by atoms with van der Waals surface area (Å²) in [5.41, 5.74) is 7.27. The maximum Gasteiger partial charge on any atom is 0.180 e. The van der Waals surface area contributed by atoms with Crippen LogP contribution < -0.4 is 10.6 Å². The predicted octanol–water partition coefficient (Wildman–Crippen LogP) is 2.50. The van der Waals surface area contributed by atoms with E-state index in [0.29, 0.717) is 11.7 Å². The first-order chi connectivity index (χ1) is 7.65. The summed E-state index contributed by atoms with van der Waals surface area (Å²) in [6.07, 6.45) is 0. The quantitative estimate of drug-likeness (QED) is 0.891. The van der Waals surface area contributed by atoms with Crippen molar-refractivity contribution in [3.8, 4) is 0 Å². The molecule has 0 spiro atoms. The van der Waals surface area contributed by atoms with Crippen molar-refractivity contribution in [1.29, 1.82) is 0 Å². The van der Waals surface area contributed by atoms with Gasteiger partial charge in [0.05, 0.1) is 12.2 Å². The molecule has 3 nitrogen and oxygen atoms in total. The van der Waals surface area contributed by atoms with Crippen molar-refractivity contribution in [3.05, 3.63) is 41.2 Å². The third kappa shape index (κ3) is 2.49. The maximum absolute atomic E-state index is 13.0. The monoisotopic (exact) mass is 237 g/mol. The number of hydrogen-bond donors (Lipinski definition) is 1. The molecule has 2 N–H and O–H groups in total. The van der Waals surface area contributed by atoms with Crippen molar-refractivity contribution in [3.63, 3.8) is 0 Å². The van der Waals surface area contributed by atoms with E-state index in [-0.39, 0.29) is 5.82 Å². The lowest BCUT2D eigenvalue weighted by molar-refractivity contribution is 0.627. The Morgan fingerprint density at radius 3 is 2.94 bits per heavy atom. The average molecular weight is 237 g/mol. The van der Waals surface area contributed by atoms with Crippen LogP contribution in [0.2, 0.25) is 0 Å². The van der Waals surface area contributed by atoms with E-state index in [1.165, 1.54) is 23.5 Å². The number of anilines is 2. The fourth-order valence-corrected chi connectivity index (χ4v) is 2.00. The maximum atomic E-state index is 13.0. The SMILES string of the molecule is CN(Cc1csc(N)n1)c1cccc(F)c1. The summed E-state index contributed by atoms with van der Waals surface area (Å²) in [6, 6.07) is 6.48. The number of hydrogen-bond acceptors (Lipinski definition) is 4. The van der Waals surface area contributed by atoms with Crippen molar-refractivity contribution in [2.45, 2.75) is 6.54 Å². The van der Waals surface area contributed by atoms with Gasteiger partial charge in [0.1, 0.15) is 5.82 Å². The zero-order valence-corrected chi connectivity index (χ0v) is 9.67. The summed E-state index contributed by atoms with van der Waals surface area (Å²) < 4.78 is 13.0. The summed E-state index contributed by atoms with van der Waals surface area (Å²) in [5, 5.41) is 2.47. The summed E-state index contributed by atoms with van der Waals surface area (Å²) in [6.45, 7) is 0.622. The molecule has 0 aliphatic rings. The Hall–Kier alpha value is -1.62. The Balaban J connectivity index is 2.11. The van der Waals surface area contributed by atoms with E-state index < -0.39 is 0 Å². The smallest absolute Gasteiger partial charge is 0.180 e. The lowest BCUT2D eigenvalue weighted by Gasteiger charge is -2.17. The lowest BCUT2D eigenvalue weighted by atomic mass is 10.3. The molecule has 0 radical (unpaired) electrons. The molecule has 2 aromatic rings. The highest BCUT2D eigenvalue weighted by atomic mass is 32.1. The van der Waals surface area contributed by atoms with Crippen LogP contribution in [-0.2, 0) is 6.54 Å². The highest BCUT2D eigenvalue weighted by Crippen LogP contribution is 2.18. The van der Waals surface area contributed by atoms with Crippen LogP contribution in [0.5, 0.6) is 0 Å². The highest BCUT2D eigenvalue weighted by Gasteiger charge is 2.05. The fraction of sp³-hybridized carbons (Fsp3) is 0.182. The molecule has 16 heavy (non-hydrogen) atoms. The first kappa shape index (κ1) is 10.9. The number of nitrogens with two attached hydrogens (primary N) is 1. The van der Waals surface area contributed by atoms with Crippen LogP contribution in [0, 0.1) is 5.82 Å². The van der Waals surface area contributed by atoms with E-state index in [9.17, 15) is 4.39 Å². The Kier molecular flexibility index (Phi) is 3.05. The normalized spacial score (nSPS) is 10.4. The van der Waals surface area contributed by atoms with Crippen molar-refractivity contribution in [2.75, 3.05) is 17.7 Å². The second-order valence-electron chi connectivity index (χ2n) is 3.51. The van der Waals surface area contributed by atoms with E-state index in [1.807, 2.05) is 23.4 Å². The van der Waals surface area contributed by atoms with E-state index in [1.54, 1.807) is 6.07 Å². The van der Waals surface area contributed by atoms with Gasteiger partial charge < -0.3 is 10.6 Å². The minimum atomic E-state index is -0.234. The molecule has 0 aliphatic heterocycles. The van der Waals surface area contributed by atoms with E-state index in [4.69, 9.17) is 5.73 Å². The average Bonchev–Trinajstić information content (AvgIpc) is 2.64. The first-order valence-corrected chi connectivity index (χ1v) is 5.69. The standard InChI is InChI=1S/C11H12FN3S/c1-15(6-9-7-16-11(13)14-9)10-4-2-3-8(12)5-10/h2-5,7H,6H2,1H3,(H2,13,14). The van der Waals surface area contributed by atoms with Crippen LogP contribution in [-0.4, -0.2) is 12.0 Å². The van der Waals surface area contributed by atoms with Crippen LogP contribution in [0.3, 0.4) is 0 Å². The minimum absolute atomic E-state index is 0.234. The van der Waals surface area contributed by atoms with Gasteiger partial charge in [0, 0.05) is 18.1 Å². The number of rotatable bonds is 3. The molecule has 0 fully saturated rings. The van der Waals surface area contributed by atoms with E-state index in [0.717, 1.165) is 11.4 Å².